The van der Waals surface area contributed by atoms with Crippen LogP contribution >= 0.6 is 0 Å². The first kappa shape index (κ1) is 15.5. The summed E-state index contributed by atoms with van der Waals surface area (Å²) >= 11 is 0. The third-order valence-electron chi connectivity index (χ3n) is 4.86. The molecule has 1 saturated heterocycles. The van der Waals surface area contributed by atoms with Gasteiger partial charge < -0.3 is 14.4 Å². The number of hydrogen-bond donors (Lipinski definition) is 0. The molecule has 1 atom stereocenters. The van der Waals surface area contributed by atoms with Gasteiger partial charge >= 0.3 is 0 Å². The molecule has 0 bridgehead atoms. The van der Waals surface area contributed by atoms with E-state index < -0.39 is 0 Å². The zero-order valence-electron chi connectivity index (χ0n) is 14.1. The van der Waals surface area contributed by atoms with Crippen LogP contribution in [0.25, 0.3) is 0 Å². The summed E-state index contributed by atoms with van der Waals surface area (Å²) in [6.07, 6.45) is -0.0300. The highest BCUT2D eigenvalue weighted by atomic mass is 16.6. The Labute approximate surface area is 143 Å². The van der Waals surface area contributed by atoms with Gasteiger partial charge in [0, 0.05) is 32.7 Å². The van der Waals surface area contributed by atoms with Gasteiger partial charge in [-0.2, -0.15) is 0 Å². The lowest BCUT2D eigenvalue weighted by atomic mass is 10.1. The Bertz CT molecular complexity index is 678. The molecule has 2 aliphatic rings. The van der Waals surface area contributed by atoms with E-state index in [0.717, 1.165) is 44.2 Å². The van der Waals surface area contributed by atoms with Gasteiger partial charge in [-0.15, -0.1) is 0 Å². The molecular formula is C20H24N2O2. The summed E-state index contributed by atoms with van der Waals surface area (Å²) in [4.78, 5) is 4.91. The van der Waals surface area contributed by atoms with Gasteiger partial charge in [-0.05, 0) is 30.3 Å². The van der Waals surface area contributed by atoms with E-state index in [9.17, 15) is 0 Å². The Morgan fingerprint density at radius 3 is 2.38 bits per heavy atom. The number of likely N-dealkylation sites (N-methyl/N-ethyl adjacent to an activating group) is 1. The topological polar surface area (TPSA) is 24.9 Å². The fraction of sp³-hybridized carbons (Fsp3) is 0.400. The molecule has 0 spiro atoms. The number of ether oxygens (including phenoxy) is 2. The lowest BCUT2D eigenvalue weighted by molar-refractivity contribution is 0.0912. The van der Waals surface area contributed by atoms with Crippen LogP contribution < -0.4 is 9.47 Å². The molecule has 0 aromatic heterocycles. The van der Waals surface area contributed by atoms with E-state index >= 15 is 0 Å². The molecule has 0 amide bonds. The zero-order valence-corrected chi connectivity index (χ0v) is 14.1. The minimum absolute atomic E-state index is 0.0300. The molecule has 1 fully saturated rings. The zero-order chi connectivity index (χ0) is 16.4. The molecule has 4 heteroatoms. The summed E-state index contributed by atoms with van der Waals surface area (Å²) < 4.78 is 11.9. The van der Waals surface area contributed by atoms with E-state index in [2.05, 4.69) is 41.1 Å². The lowest BCUT2D eigenvalue weighted by Gasteiger charge is -2.32. The van der Waals surface area contributed by atoms with E-state index in [4.69, 9.17) is 9.47 Å². The standard InChI is InChI=1S/C20H24N2O2/c1-21-10-12-22(13-11-21)14-16-6-8-17(9-7-16)20-15-23-18-4-2-3-5-19(18)24-20/h2-9,20H,10-15H2,1H3. The summed E-state index contributed by atoms with van der Waals surface area (Å²) in [5.41, 5.74) is 2.53. The van der Waals surface area contributed by atoms with Crippen LogP contribution in [0.5, 0.6) is 11.5 Å². The number of piperazine rings is 1. The fourth-order valence-electron chi connectivity index (χ4n) is 3.29. The van der Waals surface area contributed by atoms with E-state index in [1.54, 1.807) is 0 Å². The fourth-order valence-corrected chi connectivity index (χ4v) is 3.29. The average molecular weight is 324 g/mol. The van der Waals surface area contributed by atoms with Crippen molar-refractivity contribution in [3.8, 4) is 11.5 Å². The maximum absolute atomic E-state index is 6.08. The van der Waals surface area contributed by atoms with Gasteiger partial charge in [0.25, 0.3) is 0 Å². The van der Waals surface area contributed by atoms with Crippen molar-refractivity contribution in [3.63, 3.8) is 0 Å². The Morgan fingerprint density at radius 2 is 1.62 bits per heavy atom. The van der Waals surface area contributed by atoms with Crippen LogP contribution in [0, 0.1) is 0 Å². The summed E-state index contributed by atoms with van der Waals surface area (Å²) in [5, 5.41) is 0. The second kappa shape index (κ2) is 6.83. The highest BCUT2D eigenvalue weighted by molar-refractivity contribution is 5.41. The number of hydrogen-bond acceptors (Lipinski definition) is 4. The van der Waals surface area contributed by atoms with E-state index in [1.165, 1.54) is 11.1 Å². The smallest absolute Gasteiger partial charge is 0.162 e. The molecule has 4 rings (SSSR count). The van der Waals surface area contributed by atoms with Crippen molar-refractivity contribution in [1.82, 2.24) is 9.80 Å². The summed E-state index contributed by atoms with van der Waals surface area (Å²) in [5.74, 6) is 1.66. The SMILES string of the molecule is CN1CCN(Cc2ccc(C3COc4ccccc4O3)cc2)CC1. The van der Waals surface area contributed by atoms with Crippen molar-refractivity contribution in [1.29, 1.82) is 0 Å². The molecular weight excluding hydrogens is 300 g/mol. The van der Waals surface area contributed by atoms with E-state index in [0.29, 0.717) is 6.61 Å². The van der Waals surface area contributed by atoms with Gasteiger partial charge in [0.05, 0.1) is 0 Å². The molecule has 4 nitrogen and oxygen atoms in total. The first-order chi connectivity index (χ1) is 11.8. The van der Waals surface area contributed by atoms with Gasteiger partial charge in [0.1, 0.15) is 6.61 Å². The largest absolute Gasteiger partial charge is 0.485 e. The first-order valence-corrected chi connectivity index (χ1v) is 8.66. The monoisotopic (exact) mass is 324 g/mol. The van der Waals surface area contributed by atoms with E-state index in [-0.39, 0.29) is 6.10 Å². The molecule has 2 aliphatic heterocycles. The maximum Gasteiger partial charge on any atom is 0.162 e. The predicted octanol–water partition coefficient (Wildman–Crippen LogP) is 2.95. The van der Waals surface area contributed by atoms with Crippen LogP contribution in [0.2, 0.25) is 0 Å². The molecule has 0 radical (unpaired) electrons. The lowest BCUT2D eigenvalue weighted by Crippen LogP contribution is -2.43. The number of fused-ring (bicyclic) bond motifs is 1. The Balaban J connectivity index is 1.39. The number of para-hydroxylation sites is 2. The number of nitrogens with zero attached hydrogens (tertiary/aromatic N) is 2. The van der Waals surface area contributed by atoms with Crippen molar-refractivity contribution in [2.75, 3.05) is 39.8 Å². The van der Waals surface area contributed by atoms with Crippen molar-refractivity contribution in [2.45, 2.75) is 12.6 Å². The van der Waals surface area contributed by atoms with Crippen LogP contribution in [-0.2, 0) is 6.54 Å². The average Bonchev–Trinajstić information content (AvgIpc) is 2.64. The highest BCUT2D eigenvalue weighted by Gasteiger charge is 2.22. The molecule has 126 valence electrons. The third kappa shape index (κ3) is 3.40. The molecule has 0 N–H and O–H groups in total. The number of benzene rings is 2. The maximum atomic E-state index is 6.08. The van der Waals surface area contributed by atoms with Gasteiger partial charge in [0.15, 0.2) is 17.6 Å². The molecule has 0 saturated carbocycles. The second-order valence-corrected chi connectivity index (χ2v) is 6.69. The number of rotatable bonds is 3. The van der Waals surface area contributed by atoms with Crippen LogP contribution in [0.1, 0.15) is 17.2 Å². The summed E-state index contributed by atoms with van der Waals surface area (Å²) in [7, 11) is 2.19. The first-order valence-electron chi connectivity index (χ1n) is 8.66. The summed E-state index contributed by atoms with van der Waals surface area (Å²) in [6, 6.07) is 16.6. The van der Waals surface area contributed by atoms with Crippen LogP contribution in [-0.4, -0.2) is 49.6 Å². The molecule has 0 aliphatic carbocycles. The van der Waals surface area contributed by atoms with Crippen LogP contribution in [0.4, 0.5) is 0 Å². The van der Waals surface area contributed by atoms with Crippen LogP contribution in [0.15, 0.2) is 48.5 Å². The van der Waals surface area contributed by atoms with Gasteiger partial charge in [-0.25, -0.2) is 0 Å². The van der Waals surface area contributed by atoms with Gasteiger partial charge in [-0.1, -0.05) is 36.4 Å². The third-order valence-corrected chi connectivity index (χ3v) is 4.86. The highest BCUT2D eigenvalue weighted by Crippen LogP contribution is 2.35. The van der Waals surface area contributed by atoms with Crippen molar-refractivity contribution < 1.29 is 9.47 Å². The summed E-state index contributed by atoms with van der Waals surface area (Å²) in [6.45, 7) is 6.20. The molecule has 24 heavy (non-hydrogen) atoms. The van der Waals surface area contributed by atoms with Crippen molar-refractivity contribution >= 4 is 0 Å². The normalized spacial score (nSPS) is 21.6. The minimum Gasteiger partial charge on any atom is -0.485 e. The Kier molecular flexibility index (Phi) is 4.41. The Morgan fingerprint density at radius 1 is 0.917 bits per heavy atom. The quantitative estimate of drug-likeness (QED) is 0.867. The second-order valence-electron chi connectivity index (χ2n) is 6.69. The molecule has 1 unspecified atom stereocenters. The molecule has 2 aromatic rings. The van der Waals surface area contributed by atoms with Crippen molar-refractivity contribution in [3.05, 3.63) is 59.7 Å². The van der Waals surface area contributed by atoms with Gasteiger partial charge in [-0.3, -0.25) is 4.90 Å². The predicted molar refractivity (Wildman–Crippen MR) is 94.5 cm³/mol. The Hall–Kier alpha value is -2.04. The molecule has 2 aromatic carbocycles. The van der Waals surface area contributed by atoms with Crippen molar-refractivity contribution in [2.24, 2.45) is 0 Å². The minimum atomic E-state index is -0.0300. The van der Waals surface area contributed by atoms with Crippen LogP contribution in [0.3, 0.4) is 0 Å². The van der Waals surface area contributed by atoms with E-state index in [1.807, 2.05) is 24.3 Å². The van der Waals surface area contributed by atoms with Gasteiger partial charge in [0.2, 0.25) is 0 Å². The molecule has 2 heterocycles.